The lowest BCUT2D eigenvalue weighted by atomic mass is 10.0. The largest absolute Gasteiger partial charge is 0.281 e. The molecule has 1 N–H and O–H groups in total. The maximum Gasteiger partial charge on any atom is 0.281 e. The third kappa shape index (κ3) is 3.12. The van der Waals surface area contributed by atoms with Gasteiger partial charge in [-0.3, -0.25) is 5.10 Å². The van der Waals surface area contributed by atoms with Crippen LogP contribution in [0.25, 0.3) is 11.4 Å². The Bertz CT molecular complexity index is 788. The van der Waals surface area contributed by atoms with Gasteiger partial charge in [0.2, 0.25) is 0 Å². The molecular weight excluding hydrogens is 316 g/mol. The molecule has 3 rings (SSSR count). The van der Waals surface area contributed by atoms with Crippen LogP contribution in [0, 0.1) is 6.92 Å². The molecule has 0 spiro atoms. The molecule has 3 heterocycles. The zero-order valence-corrected chi connectivity index (χ0v) is 14.2. The first kappa shape index (κ1) is 16.0. The topological polar surface area (TPSA) is 95.1 Å². The van der Waals surface area contributed by atoms with Crippen molar-refractivity contribution in [3.05, 3.63) is 29.8 Å². The van der Waals surface area contributed by atoms with E-state index >= 15 is 0 Å². The van der Waals surface area contributed by atoms with Crippen molar-refractivity contribution in [2.75, 3.05) is 27.2 Å². The van der Waals surface area contributed by atoms with E-state index in [9.17, 15) is 8.42 Å². The van der Waals surface area contributed by atoms with E-state index in [2.05, 4.69) is 20.2 Å². The molecule has 1 saturated heterocycles. The standard InChI is InChI=1S/C14H20N6O2S/c1-10-16-13(8-14(17-10)12-4-6-15-18-12)11-5-7-20(9-11)23(21,22)19(2)3/h4,6,8,11H,5,7,9H2,1-3H3,(H,15,18)/t11-/m0/s1. The summed E-state index contributed by atoms with van der Waals surface area (Å²) in [6, 6.07) is 3.76. The molecule has 2 aromatic rings. The van der Waals surface area contributed by atoms with Gasteiger partial charge in [-0.15, -0.1) is 0 Å². The molecular formula is C14H20N6O2S. The van der Waals surface area contributed by atoms with Crippen molar-refractivity contribution in [1.82, 2.24) is 28.8 Å². The van der Waals surface area contributed by atoms with Crippen LogP contribution in [0.5, 0.6) is 0 Å². The number of H-pyrrole nitrogens is 1. The summed E-state index contributed by atoms with van der Waals surface area (Å²) in [5.74, 6) is 0.745. The highest BCUT2D eigenvalue weighted by Crippen LogP contribution is 2.29. The average molecular weight is 336 g/mol. The summed E-state index contributed by atoms with van der Waals surface area (Å²) >= 11 is 0. The first-order valence-electron chi connectivity index (χ1n) is 7.41. The maximum absolute atomic E-state index is 12.2. The molecule has 9 heteroatoms. The molecule has 1 aliphatic rings. The Balaban J connectivity index is 1.86. The minimum absolute atomic E-state index is 0.0769. The number of hydrogen-bond acceptors (Lipinski definition) is 5. The van der Waals surface area contributed by atoms with Gasteiger partial charge in [0, 0.05) is 45.0 Å². The van der Waals surface area contributed by atoms with Gasteiger partial charge in [0.15, 0.2) is 0 Å². The van der Waals surface area contributed by atoms with Gasteiger partial charge in [-0.05, 0) is 25.5 Å². The van der Waals surface area contributed by atoms with Crippen LogP contribution in [0.1, 0.15) is 23.9 Å². The predicted octanol–water partition coefficient (Wildman–Crippen LogP) is 0.771. The number of hydrogen-bond donors (Lipinski definition) is 1. The molecule has 0 amide bonds. The first-order chi connectivity index (χ1) is 10.9. The molecule has 0 bridgehead atoms. The summed E-state index contributed by atoms with van der Waals surface area (Å²) in [5.41, 5.74) is 2.48. The molecule has 0 saturated carbocycles. The van der Waals surface area contributed by atoms with Crippen LogP contribution in [-0.2, 0) is 10.2 Å². The van der Waals surface area contributed by atoms with E-state index in [4.69, 9.17) is 0 Å². The zero-order chi connectivity index (χ0) is 16.6. The monoisotopic (exact) mass is 336 g/mol. The number of aryl methyl sites for hydroxylation is 1. The van der Waals surface area contributed by atoms with Crippen LogP contribution in [0.2, 0.25) is 0 Å². The molecule has 0 unspecified atom stereocenters. The first-order valence-corrected chi connectivity index (χ1v) is 8.80. The van der Waals surface area contributed by atoms with Gasteiger partial charge >= 0.3 is 0 Å². The Morgan fingerprint density at radius 1 is 1.35 bits per heavy atom. The second-order valence-electron chi connectivity index (χ2n) is 5.83. The van der Waals surface area contributed by atoms with Crippen LogP contribution in [0.4, 0.5) is 0 Å². The van der Waals surface area contributed by atoms with Gasteiger partial charge in [-0.2, -0.15) is 22.1 Å². The molecule has 8 nitrogen and oxygen atoms in total. The van der Waals surface area contributed by atoms with Gasteiger partial charge in [0.05, 0.1) is 11.4 Å². The Kier molecular flexibility index (Phi) is 4.17. The van der Waals surface area contributed by atoms with Gasteiger partial charge in [-0.1, -0.05) is 0 Å². The Morgan fingerprint density at radius 3 is 2.78 bits per heavy atom. The summed E-state index contributed by atoms with van der Waals surface area (Å²) < 4.78 is 27.2. The number of rotatable bonds is 4. The lowest BCUT2D eigenvalue weighted by Crippen LogP contribution is -2.38. The van der Waals surface area contributed by atoms with E-state index in [1.165, 1.54) is 8.61 Å². The van der Waals surface area contributed by atoms with Crippen LogP contribution in [-0.4, -0.2) is 64.4 Å². The van der Waals surface area contributed by atoms with Crippen LogP contribution in [0.3, 0.4) is 0 Å². The van der Waals surface area contributed by atoms with E-state index in [0.717, 1.165) is 23.5 Å². The van der Waals surface area contributed by atoms with Gasteiger partial charge in [0.25, 0.3) is 10.2 Å². The number of aromatic amines is 1. The summed E-state index contributed by atoms with van der Waals surface area (Å²) in [6.07, 6.45) is 2.43. The highest BCUT2D eigenvalue weighted by Gasteiger charge is 2.34. The normalized spacial score (nSPS) is 19.6. The van der Waals surface area contributed by atoms with Crippen molar-refractivity contribution < 1.29 is 8.42 Å². The number of nitrogens with one attached hydrogen (secondary N) is 1. The Hall–Kier alpha value is -1.84. The van der Waals surface area contributed by atoms with E-state index in [1.54, 1.807) is 20.3 Å². The van der Waals surface area contributed by atoms with Gasteiger partial charge < -0.3 is 0 Å². The fourth-order valence-corrected chi connectivity index (χ4v) is 3.91. The van der Waals surface area contributed by atoms with E-state index < -0.39 is 10.2 Å². The summed E-state index contributed by atoms with van der Waals surface area (Å²) in [6.45, 7) is 2.79. The molecule has 1 fully saturated rings. The SMILES string of the molecule is Cc1nc(-c2ccn[nH]2)cc([C@H]2CCN(S(=O)(=O)N(C)C)C2)n1. The Morgan fingerprint density at radius 2 is 2.13 bits per heavy atom. The molecule has 0 aliphatic carbocycles. The lowest BCUT2D eigenvalue weighted by molar-refractivity contribution is 0.418. The molecule has 2 aromatic heterocycles. The highest BCUT2D eigenvalue weighted by molar-refractivity contribution is 7.86. The van der Waals surface area contributed by atoms with Crippen molar-refractivity contribution in [2.24, 2.45) is 0 Å². The van der Waals surface area contributed by atoms with Crippen molar-refractivity contribution in [3.8, 4) is 11.4 Å². The lowest BCUT2D eigenvalue weighted by Gasteiger charge is -2.20. The molecule has 124 valence electrons. The second kappa shape index (κ2) is 5.99. The van der Waals surface area contributed by atoms with Crippen LogP contribution >= 0.6 is 0 Å². The fourth-order valence-electron chi connectivity index (χ4n) is 2.75. The quantitative estimate of drug-likeness (QED) is 0.890. The van der Waals surface area contributed by atoms with Crippen molar-refractivity contribution in [2.45, 2.75) is 19.3 Å². The van der Waals surface area contributed by atoms with Crippen LogP contribution in [0.15, 0.2) is 18.3 Å². The zero-order valence-electron chi connectivity index (χ0n) is 13.4. The molecule has 1 atom stereocenters. The number of nitrogens with zero attached hydrogens (tertiary/aromatic N) is 5. The van der Waals surface area contributed by atoms with E-state index in [1.807, 2.05) is 19.1 Å². The highest BCUT2D eigenvalue weighted by atomic mass is 32.2. The van der Waals surface area contributed by atoms with Crippen molar-refractivity contribution in [3.63, 3.8) is 0 Å². The summed E-state index contributed by atoms with van der Waals surface area (Å²) in [5, 5.41) is 6.83. The summed E-state index contributed by atoms with van der Waals surface area (Å²) in [4.78, 5) is 8.93. The fraction of sp³-hybridized carbons (Fsp3) is 0.500. The third-order valence-corrected chi connectivity index (χ3v) is 5.90. The smallest absolute Gasteiger partial charge is 0.276 e. The summed E-state index contributed by atoms with van der Waals surface area (Å²) in [7, 11) is -0.275. The minimum Gasteiger partial charge on any atom is -0.276 e. The van der Waals surface area contributed by atoms with Gasteiger partial charge in [-0.25, -0.2) is 9.97 Å². The Labute approximate surface area is 135 Å². The second-order valence-corrected chi connectivity index (χ2v) is 7.97. The maximum atomic E-state index is 12.2. The molecule has 23 heavy (non-hydrogen) atoms. The molecule has 0 radical (unpaired) electrons. The molecule has 0 aromatic carbocycles. The number of aromatic nitrogens is 4. The molecule has 1 aliphatic heterocycles. The van der Waals surface area contributed by atoms with E-state index in [0.29, 0.717) is 18.9 Å². The van der Waals surface area contributed by atoms with Crippen LogP contribution < -0.4 is 0 Å². The van der Waals surface area contributed by atoms with Crippen molar-refractivity contribution >= 4 is 10.2 Å². The van der Waals surface area contributed by atoms with E-state index in [-0.39, 0.29) is 5.92 Å². The minimum atomic E-state index is -3.37. The van der Waals surface area contributed by atoms with Gasteiger partial charge in [0.1, 0.15) is 5.82 Å². The third-order valence-electron chi connectivity index (χ3n) is 3.99. The van der Waals surface area contributed by atoms with Crippen molar-refractivity contribution in [1.29, 1.82) is 0 Å². The predicted molar refractivity (Wildman–Crippen MR) is 85.9 cm³/mol. The average Bonchev–Trinajstić information content (AvgIpc) is 3.18.